The average molecular weight is 157 g/mol. The summed E-state index contributed by atoms with van der Waals surface area (Å²) in [7, 11) is 0. The highest BCUT2D eigenvalue weighted by atomic mass is 16.2. The van der Waals surface area contributed by atoms with E-state index in [1.165, 1.54) is 6.92 Å². The first kappa shape index (κ1) is 10.1. The van der Waals surface area contributed by atoms with Gasteiger partial charge in [0, 0.05) is 13.3 Å². The number of carbonyl (C=O) groups excluding carboxylic acids is 2. The smallest absolute Gasteiger partial charge is 0.217 e. The first-order valence-corrected chi connectivity index (χ1v) is 3.87. The molecule has 0 saturated carbocycles. The van der Waals surface area contributed by atoms with E-state index in [1.807, 2.05) is 6.92 Å². The molecule has 1 N–H and O–H groups in total. The molecule has 0 aliphatic heterocycles. The second kappa shape index (κ2) is 4.88. The van der Waals surface area contributed by atoms with Crippen LogP contribution in [0.5, 0.6) is 0 Å². The quantitative estimate of drug-likeness (QED) is 0.658. The van der Waals surface area contributed by atoms with Crippen molar-refractivity contribution in [2.75, 3.05) is 0 Å². The lowest BCUT2D eigenvalue weighted by Gasteiger charge is -2.09. The van der Waals surface area contributed by atoms with Crippen LogP contribution >= 0.6 is 0 Å². The van der Waals surface area contributed by atoms with Crippen molar-refractivity contribution in [1.82, 2.24) is 5.32 Å². The van der Waals surface area contributed by atoms with Crippen LogP contribution in [0.4, 0.5) is 0 Å². The molecule has 0 aromatic rings. The molecule has 0 aliphatic rings. The lowest BCUT2D eigenvalue weighted by molar-refractivity contribution is -0.126. The highest BCUT2D eigenvalue weighted by Gasteiger charge is 2.11. The summed E-state index contributed by atoms with van der Waals surface area (Å²) in [5.41, 5.74) is 0. The molecule has 0 saturated heterocycles. The molecule has 0 spiro atoms. The second-order valence-electron chi connectivity index (χ2n) is 2.64. The van der Waals surface area contributed by atoms with E-state index in [0.717, 1.165) is 6.42 Å². The van der Waals surface area contributed by atoms with Crippen LogP contribution in [0.3, 0.4) is 0 Å². The Balaban J connectivity index is 3.73. The molecule has 3 nitrogen and oxygen atoms in total. The molecule has 0 fully saturated rings. The number of amides is 1. The average Bonchev–Trinajstić information content (AvgIpc) is 1.86. The predicted octanol–water partition coefficient (Wildman–Crippen LogP) is 0.880. The molecule has 0 unspecified atom stereocenters. The van der Waals surface area contributed by atoms with Crippen LogP contribution in [0, 0.1) is 0 Å². The Morgan fingerprint density at radius 1 is 1.45 bits per heavy atom. The number of hydrogen-bond donors (Lipinski definition) is 1. The van der Waals surface area contributed by atoms with Gasteiger partial charge in [-0.15, -0.1) is 0 Å². The van der Waals surface area contributed by atoms with Crippen molar-refractivity contribution in [2.24, 2.45) is 0 Å². The van der Waals surface area contributed by atoms with Crippen LogP contribution in [0.1, 0.15) is 33.6 Å². The molecule has 11 heavy (non-hydrogen) atoms. The molecule has 0 rings (SSSR count). The maximum absolute atomic E-state index is 11.1. The third kappa shape index (κ3) is 4.53. The Labute approximate surface area is 67.2 Å². The summed E-state index contributed by atoms with van der Waals surface area (Å²) < 4.78 is 0. The molecule has 3 heteroatoms. The molecule has 0 heterocycles. The zero-order chi connectivity index (χ0) is 8.85. The summed E-state index contributed by atoms with van der Waals surface area (Å²) in [6.45, 7) is 5.06. The predicted molar refractivity (Wildman–Crippen MR) is 43.2 cm³/mol. The number of rotatable bonds is 4. The zero-order valence-electron chi connectivity index (χ0n) is 7.31. The van der Waals surface area contributed by atoms with E-state index in [1.54, 1.807) is 6.92 Å². The van der Waals surface area contributed by atoms with Gasteiger partial charge in [-0.1, -0.05) is 6.92 Å². The maximum atomic E-state index is 11.1. The monoisotopic (exact) mass is 157 g/mol. The van der Waals surface area contributed by atoms with Gasteiger partial charge in [-0.25, -0.2) is 0 Å². The van der Waals surface area contributed by atoms with Gasteiger partial charge in [0.1, 0.15) is 0 Å². The van der Waals surface area contributed by atoms with Crippen molar-refractivity contribution < 1.29 is 9.59 Å². The van der Waals surface area contributed by atoms with Crippen molar-refractivity contribution in [3.63, 3.8) is 0 Å². The fourth-order valence-corrected chi connectivity index (χ4v) is 0.848. The largest absolute Gasteiger partial charge is 0.347 e. The van der Waals surface area contributed by atoms with Gasteiger partial charge in [0.15, 0.2) is 5.78 Å². The van der Waals surface area contributed by atoms with Crippen molar-refractivity contribution in [3.05, 3.63) is 0 Å². The third-order valence-corrected chi connectivity index (χ3v) is 1.40. The summed E-state index contributed by atoms with van der Waals surface area (Å²) in [5.74, 6) is -0.0512. The summed E-state index contributed by atoms with van der Waals surface area (Å²) in [6, 6.07) is -0.326. The van der Waals surface area contributed by atoms with Crippen molar-refractivity contribution in [3.8, 4) is 0 Å². The number of ketones is 1. The molecule has 64 valence electrons. The minimum atomic E-state index is -0.326. The first-order valence-electron chi connectivity index (χ1n) is 3.87. The minimum Gasteiger partial charge on any atom is -0.347 e. The van der Waals surface area contributed by atoms with Gasteiger partial charge in [-0.2, -0.15) is 0 Å². The minimum absolute atomic E-state index is 0.0997. The summed E-state index contributed by atoms with van der Waals surface area (Å²) in [4.78, 5) is 21.6. The van der Waals surface area contributed by atoms with Gasteiger partial charge < -0.3 is 5.32 Å². The number of Topliss-reactive ketones (excluding diaryl/α,β-unsaturated/α-hetero) is 1. The Morgan fingerprint density at radius 3 is 2.36 bits per heavy atom. The fourth-order valence-electron chi connectivity index (χ4n) is 0.848. The van der Waals surface area contributed by atoms with Crippen molar-refractivity contribution >= 4 is 11.7 Å². The fraction of sp³-hybridized carbons (Fsp3) is 0.750. The Morgan fingerprint density at radius 2 is 2.00 bits per heavy atom. The van der Waals surface area contributed by atoms with E-state index < -0.39 is 0 Å². The van der Waals surface area contributed by atoms with E-state index >= 15 is 0 Å². The first-order chi connectivity index (χ1) is 5.07. The van der Waals surface area contributed by atoms with E-state index in [9.17, 15) is 9.59 Å². The molecular weight excluding hydrogens is 142 g/mol. The Hall–Kier alpha value is -0.860. The molecule has 0 bridgehead atoms. The number of carbonyl (C=O) groups is 2. The maximum Gasteiger partial charge on any atom is 0.217 e. The molecule has 0 radical (unpaired) electrons. The van der Waals surface area contributed by atoms with Crippen molar-refractivity contribution in [1.29, 1.82) is 0 Å². The van der Waals surface area contributed by atoms with Crippen LogP contribution in [0.15, 0.2) is 0 Å². The van der Waals surface area contributed by atoms with Gasteiger partial charge in [0.05, 0.1) is 6.04 Å². The standard InChI is InChI=1S/C8H15NO2/c1-4-5-8(11)6(2)9-7(3)10/h6H,4-5H2,1-3H3,(H,9,10)/t6-/m1/s1. The van der Waals surface area contributed by atoms with Gasteiger partial charge >= 0.3 is 0 Å². The molecule has 1 amide bonds. The summed E-state index contributed by atoms with van der Waals surface area (Å²) in [5, 5.41) is 2.54. The normalized spacial score (nSPS) is 12.3. The molecule has 0 aromatic carbocycles. The van der Waals surface area contributed by atoms with E-state index in [2.05, 4.69) is 5.32 Å². The van der Waals surface area contributed by atoms with E-state index in [4.69, 9.17) is 0 Å². The topological polar surface area (TPSA) is 46.2 Å². The highest BCUT2D eigenvalue weighted by Crippen LogP contribution is 1.94. The lowest BCUT2D eigenvalue weighted by atomic mass is 10.1. The molecule has 0 aliphatic carbocycles. The number of nitrogens with one attached hydrogen (secondary N) is 1. The van der Waals surface area contributed by atoms with Gasteiger partial charge in [0.2, 0.25) is 5.91 Å². The van der Waals surface area contributed by atoms with Gasteiger partial charge in [-0.05, 0) is 13.3 Å². The molecule has 1 atom stereocenters. The zero-order valence-corrected chi connectivity index (χ0v) is 7.31. The van der Waals surface area contributed by atoms with E-state index in [0.29, 0.717) is 6.42 Å². The van der Waals surface area contributed by atoms with Gasteiger partial charge in [-0.3, -0.25) is 9.59 Å². The highest BCUT2D eigenvalue weighted by molar-refractivity contribution is 5.87. The number of hydrogen-bond acceptors (Lipinski definition) is 2. The van der Waals surface area contributed by atoms with Crippen LogP contribution in [-0.4, -0.2) is 17.7 Å². The SMILES string of the molecule is CCCC(=O)[C@@H](C)NC(C)=O. The molecular formula is C8H15NO2. The van der Waals surface area contributed by atoms with Crippen LogP contribution in [-0.2, 0) is 9.59 Å². The summed E-state index contributed by atoms with van der Waals surface area (Å²) >= 11 is 0. The van der Waals surface area contributed by atoms with Gasteiger partial charge in [0.25, 0.3) is 0 Å². The summed E-state index contributed by atoms with van der Waals surface area (Å²) in [6.07, 6.45) is 1.38. The van der Waals surface area contributed by atoms with Crippen LogP contribution in [0.25, 0.3) is 0 Å². The Bertz CT molecular complexity index is 154. The lowest BCUT2D eigenvalue weighted by Crippen LogP contribution is -2.36. The second-order valence-corrected chi connectivity index (χ2v) is 2.64. The third-order valence-electron chi connectivity index (χ3n) is 1.40. The van der Waals surface area contributed by atoms with Crippen LogP contribution in [0.2, 0.25) is 0 Å². The Kier molecular flexibility index (Phi) is 4.50. The van der Waals surface area contributed by atoms with Crippen LogP contribution < -0.4 is 5.32 Å². The molecule has 0 aromatic heterocycles. The van der Waals surface area contributed by atoms with E-state index in [-0.39, 0.29) is 17.7 Å². The van der Waals surface area contributed by atoms with Crippen molar-refractivity contribution in [2.45, 2.75) is 39.7 Å².